The normalized spacial score (nSPS) is 11.4. The molecule has 1 aromatic rings. The zero-order valence-corrected chi connectivity index (χ0v) is 12.6. The first-order valence-corrected chi connectivity index (χ1v) is 6.57. The fraction of sp³-hybridized carbons (Fsp3) is 0.250. The number of carbonyl (C=O) groups is 1. The third-order valence-electron chi connectivity index (χ3n) is 2.05. The topological polar surface area (TPSA) is 46.5 Å². The van der Waals surface area contributed by atoms with Crippen LogP contribution in [0.3, 0.4) is 0 Å². The number of hydrogen-bond acceptors (Lipinski definition) is 3. The second-order valence-corrected chi connectivity index (χ2v) is 5.02. The average molecular weight is 364 g/mol. The van der Waals surface area contributed by atoms with Crippen molar-refractivity contribution in [1.29, 1.82) is 0 Å². The maximum absolute atomic E-state index is 10.6. The van der Waals surface area contributed by atoms with E-state index < -0.39 is 0 Å². The second kappa shape index (κ2) is 6.21. The van der Waals surface area contributed by atoms with E-state index >= 15 is 0 Å². The number of ether oxygens (including phenoxy) is 1. The Labute approximate surface area is 117 Å². The fourth-order valence-electron chi connectivity index (χ4n) is 1.27. The molecule has 92 valence electrons. The van der Waals surface area contributed by atoms with Crippen molar-refractivity contribution in [2.45, 2.75) is 13.8 Å². The van der Waals surface area contributed by atoms with Gasteiger partial charge in [0.25, 0.3) is 0 Å². The number of carbonyl (C=O) groups excluding carboxylic acids is 1. The van der Waals surface area contributed by atoms with Crippen LogP contribution in [0.2, 0.25) is 0 Å². The van der Waals surface area contributed by atoms with Crippen LogP contribution < -0.4 is 4.74 Å². The molecule has 0 aromatic heterocycles. The van der Waals surface area contributed by atoms with Crippen molar-refractivity contribution < 1.29 is 14.6 Å². The molecule has 0 amide bonds. The number of hydrogen-bond donors (Lipinski definition) is 1. The average Bonchev–Trinajstić information content (AvgIpc) is 2.31. The minimum Gasteiger partial charge on any atom is -0.504 e. The Morgan fingerprint density at radius 3 is 2.71 bits per heavy atom. The van der Waals surface area contributed by atoms with Crippen molar-refractivity contribution in [3.63, 3.8) is 0 Å². The molecule has 0 aliphatic carbocycles. The zero-order valence-electron chi connectivity index (χ0n) is 9.46. The first-order chi connectivity index (χ1) is 8.01. The third-order valence-corrected chi connectivity index (χ3v) is 4.06. The van der Waals surface area contributed by atoms with Crippen molar-refractivity contribution in [3.05, 3.63) is 26.1 Å². The lowest BCUT2D eigenvalue weighted by atomic mass is 10.1. The van der Waals surface area contributed by atoms with Crippen LogP contribution in [0.15, 0.2) is 20.6 Å². The molecule has 5 heteroatoms. The van der Waals surface area contributed by atoms with Gasteiger partial charge in [0, 0.05) is 14.5 Å². The number of allylic oxidation sites excluding steroid dienone is 1. The van der Waals surface area contributed by atoms with Gasteiger partial charge in [-0.2, -0.15) is 0 Å². The van der Waals surface area contributed by atoms with Gasteiger partial charge in [0.05, 0.1) is 6.61 Å². The lowest BCUT2D eigenvalue weighted by Crippen LogP contribution is -1.94. The summed E-state index contributed by atoms with van der Waals surface area (Å²) in [5.74, 6) is 0.399. The number of aldehydes is 1. The molecule has 0 saturated carbocycles. The molecule has 1 N–H and O–H groups in total. The van der Waals surface area contributed by atoms with Crippen molar-refractivity contribution in [2.24, 2.45) is 0 Å². The van der Waals surface area contributed by atoms with Gasteiger partial charge in [-0.1, -0.05) is 0 Å². The van der Waals surface area contributed by atoms with E-state index in [1.165, 1.54) is 0 Å². The Morgan fingerprint density at radius 1 is 1.53 bits per heavy atom. The molecule has 0 radical (unpaired) electrons. The summed E-state index contributed by atoms with van der Waals surface area (Å²) in [7, 11) is 0. The Morgan fingerprint density at radius 2 is 2.18 bits per heavy atom. The summed E-state index contributed by atoms with van der Waals surface area (Å²) in [6.45, 7) is 3.96. The van der Waals surface area contributed by atoms with E-state index in [0.717, 1.165) is 10.8 Å². The lowest BCUT2D eigenvalue weighted by molar-refractivity contribution is -0.104. The van der Waals surface area contributed by atoms with E-state index in [1.807, 2.05) is 6.92 Å². The van der Waals surface area contributed by atoms with Crippen LogP contribution in [-0.2, 0) is 4.79 Å². The van der Waals surface area contributed by atoms with E-state index in [4.69, 9.17) is 4.74 Å². The van der Waals surface area contributed by atoms with Crippen molar-refractivity contribution in [1.82, 2.24) is 0 Å². The summed E-state index contributed by atoms with van der Waals surface area (Å²) in [6.07, 6.45) is 2.33. The van der Waals surface area contributed by atoms with Gasteiger partial charge in [0.15, 0.2) is 11.5 Å². The lowest BCUT2D eigenvalue weighted by Gasteiger charge is -2.11. The van der Waals surface area contributed by atoms with Crippen LogP contribution in [0.1, 0.15) is 19.4 Å². The highest BCUT2D eigenvalue weighted by Gasteiger charge is 2.14. The highest BCUT2D eigenvalue weighted by atomic mass is 79.9. The summed E-state index contributed by atoms with van der Waals surface area (Å²) in [4.78, 5) is 10.6. The summed E-state index contributed by atoms with van der Waals surface area (Å²) in [5, 5.41) is 10.0. The predicted octanol–water partition coefficient (Wildman–Crippen LogP) is 3.92. The Balaban J connectivity index is 3.41. The van der Waals surface area contributed by atoms with Gasteiger partial charge in [0.2, 0.25) is 0 Å². The van der Waals surface area contributed by atoms with Gasteiger partial charge < -0.3 is 9.84 Å². The number of benzene rings is 1. The SMILES string of the molecule is CCOc1cc(Br)c(Br)c(/C=C(\C)C=O)c1O. The van der Waals surface area contributed by atoms with Crippen LogP contribution in [0.5, 0.6) is 11.5 Å². The molecule has 0 heterocycles. The summed E-state index contributed by atoms with van der Waals surface area (Å²) in [5.41, 5.74) is 1.04. The second-order valence-electron chi connectivity index (χ2n) is 3.37. The van der Waals surface area contributed by atoms with Gasteiger partial charge >= 0.3 is 0 Å². The highest BCUT2D eigenvalue weighted by molar-refractivity contribution is 9.13. The quantitative estimate of drug-likeness (QED) is 0.651. The molecular weight excluding hydrogens is 352 g/mol. The maximum atomic E-state index is 10.6. The van der Waals surface area contributed by atoms with Gasteiger partial charge in [-0.05, 0) is 63.4 Å². The van der Waals surface area contributed by atoms with Crippen LogP contribution in [0.25, 0.3) is 6.08 Å². The molecule has 0 atom stereocenters. The van der Waals surface area contributed by atoms with Crippen molar-refractivity contribution in [3.8, 4) is 11.5 Å². The van der Waals surface area contributed by atoms with E-state index in [0.29, 0.717) is 28.0 Å². The van der Waals surface area contributed by atoms with Crippen LogP contribution >= 0.6 is 31.9 Å². The van der Waals surface area contributed by atoms with E-state index in [2.05, 4.69) is 31.9 Å². The number of phenols is 1. The zero-order chi connectivity index (χ0) is 13.0. The molecule has 1 aromatic carbocycles. The number of rotatable bonds is 4. The fourth-order valence-corrected chi connectivity index (χ4v) is 2.11. The molecule has 0 unspecified atom stereocenters. The highest BCUT2D eigenvalue weighted by Crippen LogP contribution is 2.41. The van der Waals surface area contributed by atoms with E-state index in [9.17, 15) is 9.90 Å². The van der Waals surface area contributed by atoms with Crippen molar-refractivity contribution in [2.75, 3.05) is 6.61 Å². The molecule has 0 aliphatic rings. The van der Waals surface area contributed by atoms with Crippen molar-refractivity contribution >= 4 is 44.2 Å². The molecule has 0 spiro atoms. The smallest absolute Gasteiger partial charge is 0.166 e. The van der Waals surface area contributed by atoms with Gasteiger partial charge in [-0.25, -0.2) is 0 Å². The minimum atomic E-state index is 0.0168. The minimum absolute atomic E-state index is 0.0168. The summed E-state index contributed by atoms with van der Waals surface area (Å²) >= 11 is 6.71. The van der Waals surface area contributed by atoms with Gasteiger partial charge in [-0.15, -0.1) is 0 Å². The third kappa shape index (κ3) is 3.33. The largest absolute Gasteiger partial charge is 0.504 e. The molecule has 0 bridgehead atoms. The Kier molecular flexibility index (Phi) is 5.21. The first-order valence-electron chi connectivity index (χ1n) is 4.98. The monoisotopic (exact) mass is 362 g/mol. The molecule has 0 fully saturated rings. The molecule has 0 saturated heterocycles. The molecule has 0 aliphatic heterocycles. The van der Waals surface area contributed by atoms with Crippen LogP contribution in [0, 0.1) is 0 Å². The first kappa shape index (κ1) is 14.3. The number of phenolic OH excluding ortho intramolecular Hbond substituents is 1. The predicted molar refractivity (Wildman–Crippen MR) is 74.4 cm³/mol. The number of halogens is 2. The maximum Gasteiger partial charge on any atom is 0.166 e. The Hall–Kier alpha value is -0.810. The number of aromatic hydroxyl groups is 1. The molecule has 3 nitrogen and oxygen atoms in total. The summed E-state index contributed by atoms with van der Waals surface area (Å²) in [6, 6.07) is 1.68. The van der Waals surface area contributed by atoms with Crippen LogP contribution in [-0.4, -0.2) is 18.0 Å². The van der Waals surface area contributed by atoms with Gasteiger partial charge in [0.1, 0.15) is 6.29 Å². The Bertz CT molecular complexity index is 467. The molecular formula is C12H12Br2O3. The van der Waals surface area contributed by atoms with Crippen LogP contribution in [0.4, 0.5) is 0 Å². The summed E-state index contributed by atoms with van der Waals surface area (Å²) < 4.78 is 6.74. The van der Waals surface area contributed by atoms with E-state index in [-0.39, 0.29) is 5.75 Å². The van der Waals surface area contributed by atoms with E-state index in [1.54, 1.807) is 19.1 Å². The molecule has 17 heavy (non-hydrogen) atoms. The van der Waals surface area contributed by atoms with Gasteiger partial charge in [-0.3, -0.25) is 4.79 Å². The molecule has 1 rings (SSSR count). The standard InChI is InChI=1S/C12H12Br2O3/c1-3-17-10-5-9(13)11(14)8(12(10)16)4-7(2)6-15/h4-6,16H,3H2,1-2H3/b7-4+.